The van der Waals surface area contributed by atoms with Gasteiger partial charge >= 0.3 is 6.09 Å². The first kappa shape index (κ1) is 34.6. The monoisotopic (exact) mass is 665 g/mol. The summed E-state index contributed by atoms with van der Waals surface area (Å²) in [5.74, 6) is 0.668. The van der Waals surface area contributed by atoms with Crippen LogP contribution in [0.25, 0.3) is 27.1 Å². The summed E-state index contributed by atoms with van der Waals surface area (Å²) in [5.41, 5.74) is 7.97. The Morgan fingerprint density at radius 2 is 1.70 bits per heavy atom. The van der Waals surface area contributed by atoms with Crippen molar-refractivity contribution in [1.82, 2.24) is 24.5 Å². The van der Waals surface area contributed by atoms with Crippen LogP contribution in [0.2, 0.25) is 16.6 Å². The fourth-order valence-corrected chi connectivity index (χ4v) is 14.8. The Kier molecular flexibility index (Phi) is 9.84. The van der Waals surface area contributed by atoms with Gasteiger partial charge in [0.2, 0.25) is 8.32 Å². The normalized spacial score (nSPS) is 15.5. The number of nitrogens with zero attached hydrogens (tertiary/aromatic N) is 4. The van der Waals surface area contributed by atoms with Crippen molar-refractivity contribution < 1.29 is 14.0 Å². The first-order valence-electron chi connectivity index (χ1n) is 17.1. The molecule has 1 N–H and O–H groups in total. The number of pyridine rings is 1. The van der Waals surface area contributed by atoms with Crippen LogP contribution in [0.3, 0.4) is 0 Å². The zero-order valence-corrected chi connectivity index (χ0v) is 31.9. The van der Waals surface area contributed by atoms with Gasteiger partial charge in [-0.2, -0.15) is 5.10 Å². The molecule has 8 nitrogen and oxygen atoms in total. The molecule has 0 aromatic carbocycles. The summed E-state index contributed by atoms with van der Waals surface area (Å²) in [6.45, 7) is 28.7. The van der Waals surface area contributed by atoms with Gasteiger partial charge in [-0.15, -0.1) is 11.3 Å². The van der Waals surface area contributed by atoms with Crippen LogP contribution >= 0.6 is 11.3 Å². The highest BCUT2D eigenvalue weighted by molar-refractivity contribution is 7.19. The molecule has 4 aromatic heterocycles. The predicted molar refractivity (Wildman–Crippen MR) is 193 cm³/mol. The van der Waals surface area contributed by atoms with Crippen molar-refractivity contribution in [2.45, 2.75) is 137 Å². The minimum Gasteiger partial charge on any atom is -0.444 e. The third kappa shape index (κ3) is 6.41. The number of H-pyrrole nitrogens is 1. The van der Waals surface area contributed by atoms with E-state index >= 15 is 0 Å². The van der Waals surface area contributed by atoms with Crippen LogP contribution in [0.15, 0.2) is 18.6 Å². The molecule has 0 spiro atoms. The van der Waals surface area contributed by atoms with Crippen LogP contribution in [-0.4, -0.2) is 57.6 Å². The minimum atomic E-state index is -2.12. The van der Waals surface area contributed by atoms with Crippen LogP contribution < -0.4 is 0 Å². The molecule has 10 heteroatoms. The van der Waals surface area contributed by atoms with Crippen molar-refractivity contribution in [2.75, 3.05) is 13.1 Å². The molecule has 1 aliphatic heterocycles. The number of aromatic amines is 1. The topological polar surface area (TPSA) is 84.8 Å². The van der Waals surface area contributed by atoms with Gasteiger partial charge in [0.05, 0.1) is 12.3 Å². The summed E-state index contributed by atoms with van der Waals surface area (Å²) in [7, 11) is -2.12. The number of aryl methyl sites for hydroxylation is 1. The Bertz CT molecular complexity index is 1660. The molecule has 0 atom stereocenters. The molecular weight excluding hydrogens is 611 g/mol. The summed E-state index contributed by atoms with van der Waals surface area (Å²) >= 11 is 1.89. The van der Waals surface area contributed by atoms with E-state index in [1.165, 1.54) is 26.2 Å². The predicted octanol–water partition coefficient (Wildman–Crippen LogP) is 10.2. The number of amides is 1. The lowest BCUT2D eigenvalue weighted by Gasteiger charge is -2.42. The lowest BCUT2D eigenvalue weighted by atomic mass is 9.90. The van der Waals surface area contributed by atoms with Crippen LogP contribution in [0, 0.1) is 6.92 Å². The van der Waals surface area contributed by atoms with E-state index in [0.29, 0.717) is 48.2 Å². The van der Waals surface area contributed by atoms with Crippen molar-refractivity contribution in [2.24, 2.45) is 0 Å². The van der Waals surface area contributed by atoms with E-state index in [1.54, 1.807) is 6.33 Å². The Hall–Kier alpha value is -2.69. The first-order chi connectivity index (χ1) is 21.5. The largest absolute Gasteiger partial charge is 0.444 e. The summed E-state index contributed by atoms with van der Waals surface area (Å²) in [4.78, 5) is 25.7. The minimum absolute atomic E-state index is 0.208. The van der Waals surface area contributed by atoms with Gasteiger partial charge in [0.25, 0.3) is 0 Å². The van der Waals surface area contributed by atoms with Gasteiger partial charge in [-0.3, -0.25) is 0 Å². The number of piperidine rings is 1. The van der Waals surface area contributed by atoms with E-state index in [9.17, 15) is 4.79 Å². The molecular formula is C36H55N5O3SSi. The number of rotatable bonds is 9. The Labute approximate surface area is 280 Å². The van der Waals surface area contributed by atoms with Crippen LogP contribution in [0.4, 0.5) is 4.79 Å². The summed E-state index contributed by atoms with van der Waals surface area (Å²) in [6.07, 6.45) is 5.34. The summed E-state index contributed by atoms with van der Waals surface area (Å²) in [6, 6.07) is 2.23. The van der Waals surface area contributed by atoms with E-state index in [2.05, 4.69) is 89.6 Å². The number of fused-ring (bicyclic) bond motifs is 2. The van der Waals surface area contributed by atoms with E-state index in [0.717, 1.165) is 35.3 Å². The van der Waals surface area contributed by atoms with Crippen LogP contribution in [0.1, 0.15) is 122 Å². The standard InChI is InChI=1S/C36H55N5O3SSi/c1-21(2)29-30-28(19-43-46(22(3)4,23(5)6)24(7)8)32(26-13-15-40(16-14-26)35(42)44-36(10,11)12)45-34(30)39-31(29)27-17-25(9)33-37-20-38-41(33)18-27/h17-18,20-24,26,39H,13-16,19H2,1-12H3. The molecule has 0 unspecified atom stereocenters. The lowest BCUT2D eigenvalue weighted by Crippen LogP contribution is -2.47. The molecule has 1 fully saturated rings. The SMILES string of the molecule is Cc1cc(-c2[nH]c3sc(C4CCN(C(=O)OC(C)(C)C)CC4)c(CO[Si](C(C)C)(C(C)C)C(C)C)c3c2C(C)C)cn2ncnc12. The van der Waals surface area contributed by atoms with Crippen molar-refractivity contribution in [3.05, 3.63) is 40.2 Å². The summed E-state index contributed by atoms with van der Waals surface area (Å²) < 4.78 is 14.9. The first-order valence-corrected chi connectivity index (χ1v) is 20.1. The number of carbonyl (C=O) groups excluding carboxylic acids is 1. The highest BCUT2D eigenvalue weighted by atomic mass is 32.1. The van der Waals surface area contributed by atoms with E-state index in [-0.39, 0.29) is 6.09 Å². The Morgan fingerprint density at radius 1 is 1.07 bits per heavy atom. The van der Waals surface area contributed by atoms with Gasteiger partial charge in [0.1, 0.15) is 16.8 Å². The van der Waals surface area contributed by atoms with Crippen molar-refractivity contribution in [3.8, 4) is 11.3 Å². The molecule has 0 saturated carbocycles. The van der Waals surface area contributed by atoms with Gasteiger partial charge < -0.3 is 19.0 Å². The zero-order chi connectivity index (χ0) is 33.7. The molecule has 46 heavy (non-hydrogen) atoms. The molecule has 0 aliphatic carbocycles. The lowest BCUT2D eigenvalue weighted by molar-refractivity contribution is 0.0205. The number of ether oxygens (including phenoxy) is 1. The summed E-state index contributed by atoms with van der Waals surface area (Å²) in [5, 5.41) is 5.79. The van der Waals surface area contributed by atoms with Crippen LogP contribution in [0.5, 0.6) is 0 Å². The molecule has 0 bridgehead atoms. The van der Waals surface area contributed by atoms with E-state index < -0.39 is 13.9 Å². The van der Waals surface area contributed by atoms with E-state index in [4.69, 9.17) is 9.16 Å². The van der Waals surface area contributed by atoms with Crippen molar-refractivity contribution in [1.29, 1.82) is 0 Å². The number of carbonyl (C=O) groups is 1. The van der Waals surface area contributed by atoms with Crippen molar-refractivity contribution >= 4 is 41.6 Å². The maximum Gasteiger partial charge on any atom is 0.410 e. The van der Waals surface area contributed by atoms with Gasteiger partial charge in [-0.1, -0.05) is 55.4 Å². The second-order valence-electron chi connectivity index (χ2n) is 15.5. The molecule has 4 aromatic rings. The molecule has 5 rings (SSSR count). The average Bonchev–Trinajstić information content (AvgIpc) is 3.66. The molecule has 1 amide bonds. The molecule has 1 saturated heterocycles. The van der Waals surface area contributed by atoms with Gasteiger partial charge in [0, 0.05) is 40.7 Å². The fourth-order valence-electron chi connectivity index (χ4n) is 8.02. The number of aromatic nitrogens is 4. The van der Waals surface area contributed by atoms with Crippen LogP contribution in [-0.2, 0) is 15.8 Å². The molecule has 0 radical (unpaired) electrons. The Morgan fingerprint density at radius 3 is 2.26 bits per heavy atom. The third-order valence-electron chi connectivity index (χ3n) is 9.93. The highest BCUT2D eigenvalue weighted by Gasteiger charge is 2.45. The second-order valence-corrected chi connectivity index (χ2v) is 22.0. The molecule has 5 heterocycles. The fraction of sp³-hybridized carbons (Fsp3) is 0.639. The van der Waals surface area contributed by atoms with E-state index in [1.807, 2.05) is 41.5 Å². The second kappa shape index (κ2) is 13.1. The third-order valence-corrected chi connectivity index (χ3v) is 17.3. The zero-order valence-electron chi connectivity index (χ0n) is 30.1. The van der Waals surface area contributed by atoms with Crippen molar-refractivity contribution in [3.63, 3.8) is 0 Å². The molecule has 252 valence electrons. The van der Waals surface area contributed by atoms with Gasteiger partial charge in [-0.25, -0.2) is 14.3 Å². The quantitative estimate of drug-likeness (QED) is 0.180. The Balaban J connectivity index is 1.60. The number of likely N-dealkylation sites (tertiary alicyclic amines) is 1. The van der Waals surface area contributed by atoms with Gasteiger partial charge in [0.15, 0.2) is 5.65 Å². The smallest absolute Gasteiger partial charge is 0.410 e. The molecule has 1 aliphatic rings. The number of hydrogen-bond acceptors (Lipinski definition) is 6. The average molecular weight is 666 g/mol. The number of thiophene rings is 1. The maximum absolute atomic E-state index is 12.9. The number of nitrogens with one attached hydrogen (secondary N) is 1. The maximum atomic E-state index is 12.9. The highest BCUT2D eigenvalue weighted by Crippen LogP contribution is 2.49. The van der Waals surface area contributed by atoms with Gasteiger partial charge in [-0.05, 0) is 86.2 Å². The number of hydrogen-bond donors (Lipinski definition) is 1.